The Morgan fingerprint density at radius 1 is 1.23 bits per heavy atom. The molecule has 0 radical (unpaired) electrons. The van der Waals surface area contributed by atoms with Crippen LogP contribution in [0.3, 0.4) is 0 Å². The lowest BCUT2D eigenvalue weighted by molar-refractivity contribution is 0.218. The molecule has 0 saturated carbocycles. The van der Waals surface area contributed by atoms with Gasteiger partial charge in [-0.1, -0.05) is 12.1 Å². The van der Waals surface area contributed by atoms with Gasteiger partial charge in [-0.25, -0.2) is 14.8 Å². The Hall–Kier alpha value is -2.15. The van der Waals surface area contributed by atoms with Gasteiger partial charge < -0.3 is 9.64 Å². The average Bonchev–Trinajstić information content (AvgIpc) is 2.89. The van der Waals surface area contributed by atoms with E-state index in [2.05, 4.69) is 25.9 Å². The Morgan fingerprint density at radius 2 is 2.00 bits per heavy atom. The van der Waals surface area contributed by atoms with Crippen LogP contribution in [0.1, 0.15) is 5.56 Å². The number of halogens is 1. The number of carbonyl (C=O) groups is 1. The number of urea groups is 1. The van der Waals surface area contributed by atoms with E-state index in [0.717, 1.165) is 11.3 Å². The summed E-state index contributed by atoms with van der Waals surface area (Å²) in [5, 5.41) is 0. The maximum atomic E-state index is 12.5. The summed E-state index contributed by atoms with van der Waals surface area (Å²) in [5.74, 6) is 1.23. The standard InChI is InChI=1S/C15H15BrN4O2/c1-22-12-4-2-11(3-5-12)10-19-8-9-20(15(19)21)14-17-7-6-13(16)18-14/h2-7H,8-10H2,1H3. The molecule has 0 atom stereocenters. The molecule has 0 aliphatic carbocycles. The van der Waals surface area contributed by atoms with E-state index in [1.165, 1.54) is 0 Å². The molecule has 7 heteroatoms. The summed E-state index contributed by atoms with van der Waals surface area (Å²) in [4.78, 5) is 24.2. The van der Waals surface area contributed by atoms with E-state index >= 15 is 0 Å². The van der Waals surface area contributed by atoms with Crippen molar-refractivity contribution in [3.05, 3.63) is 46.7 Å². The summed E-state index contributed by atoms with van der Waals surface area (Å²) < 4.78 is 5.80. The summed E-state index contributed by atoms with van der Waals surface area (Å²) in [6, 6.07) is 9.37. The van der Waals surface area contributed by atoms with Crippen molar-refractivity contribution in [3.8, 4) is 5.75 Å². The van der Waals surface area contributed by atoms with Crippen molar-refractivity contribution in [1.82, 2.24) is 14.9 Å². The normalized spacial score (nSPS) is 14.5. The lowest BCUT2D eigenvalue weighted by atomic mass is 10.2. The van der Waals surface area contributed by atoms with Gasteiger partial charge in [0.1, 0.15) is 10.4 Å². The second-order valence-corrected chi connectivity index (χ2v) is 5.70. The van der Waals surface area contributed by atoms with Gasteiger partial charge in [-0.15, -0.1) is 0 Å². The first kappa shape index (κ1) is 14.8. The van der Waals surface area contributed by atoms with Crippen molar-refractivity contribution in [2.75, 3.05) is 25.1 Å². The molecule has 114 valence electrons. The number of anilines is 1. The first-order valence-electron chi connectivity index (χ1n) is 6.85. The van der Waals surface area contributed by atoms with Crippen molar-refractivity contribution in [2.24, 2.45) is 0 Å². The average molecular weight is 363 g/mol. The molecule has 1 aliphatic rings. The van der Waals surface area contributed by atoms with Gasteiger partial charge in [0.15, 0.2) is 0 Å². The van der Waals surface area contributed by atoms with Crippen LogP contribution in [0.4, 0.5) is 10.7 Å². The molecule has 1 aromatic carbocycles. The van der Waals surface area contributed by atoms with E-state index in [-0.39, 0.29) is 6.03 Å². The van der Waals surface area contributed by atoms with Crippen molar-refractivity contribution < 1.29 is 9.53 Å². The van der Waals surface area contributed by atoms with E-state index in [0.29, 0.717) is 30.2 Å². The van der Waals surface area contributed by atoms with Crippen LogP contribution in [0.5, 0.6) is 5.75 Å². The Morgan fingerprint density at radius 3 is 2.68 bits per heavy atom. The molecule has 0 unspecified atom stereocenters. The SMILES string of the molecule is COc1ccc(CN2CCN(c3nccc(Br)n3)C2=O)cc1. The van der Waals surface area contributed by atoms with Gasteiger partial charge in [-0.05, 0) is 39.7 Å². The fourth-order valence-corrected chi connectivity index (χ4v) is 2.60. The number of methoxy groups -OCH3 is 1. The van der Waals surface area contributed by atoms with Crippen molar-refractivity contribution in [2.45, 2.75) is 6.54 Å². The number of rotatable bonds is 4. The van der Waals surface area contributed by atoms with E-state index in [4.69, 9.17) is 4.74 Å². The minimum Gasteiger partial charge on any atom is -0.497 e. The smallest absolute Gasteiger partial charge is 0.327 e. The third-order valence-electron chi connectivity index (χ3n) is 3.48. The monoisotopic (exact) mass is 362 g/mol. The lowest BCUT2D eigenvalue weighted by Crippen LogP contribution is -2.32. The predicted octanol–water partition coefficient (Wildman–Crippen LogP) is 2.69. The van der Waals surface area contributed by atoms with Crippen LogP contribution in [-0.4, -0.2) is 41.1 Å². The highest BCUT2D eigenvalue weighted by atomic mass is 79.9. The zero-order valence-corrected chi connectivity index (χ0v) is 13.7. The number of hydrogen-bond acceptors (Lipinski definition) is 4. The molecule has 3 rings (SSSR count). The summed E-state index contributed by atoms with van der Waals surface area (Å²) in [6.07, 6.45) is 1.63. The fourth-order valence-electron chi connectivity index (χ4n) is 2.32. The maximum Gasteiger partial charge on any atom is 0.327 e. The third-order valence-corrected chi connectivity index (χ3v) is 3.92. The fraction of sp³-hybridized carbons (Fsp3) is 0.267. The highest BCUT2D eigenvalue weighted by Crippen LogP contribution is 2.20. The zero-order chi connectivity index (χ0) is 15.5. The number of amides is 2. The molecule has 6 nitrogen and oxygen atoms in total. The largest absolute Gasteiger partial charge is 0.497 e. The molecule has 0 bridgehead atoms. The van der Waals surface area contributed by atoms with Crippen molar-refractivity contribution in [3.63, 3.8) is 0 Å². The molecular weight excluding hydrogens is 348 g/mol. The maximum absolute atomic E-state index is 12.5. The summed E-state index contributed by atoms with van der Waals surface area (Å²) in [7, 11) is 1.63. The molecule has 2 amide bonds. The number of hydrogen-bond donors (Lipinski definition) is 0. The van der Waals surface area contributed by atoms with Gasteiger partial charge in [0, 0.05) is 25.8 Å². The lowest BCUT2D eigenvalue weighted by Gasteiger charge is -2.17. The molecule has 0 N–H and O–H groups in total. The first-order chi connectivity index (χ1) is 10.7. The van der Waals surface area contributed by atoms with E-state index < -0.39 is 0 Å². The first-order valence-corrected chi connectivity index (χ1v) is 7.64. The zero-order valence-electron chi connectivity index (χ0n) is 12.1. The van der Waals surface area contributed by atoms with Crippen LogP contribution in [0.2, 0.25) is 0 Å². The molecule has 1 fully saturated rings. The van der Waals surface area contributed by atoms with Crippen LogP contribution in [0.25, 0.3) is 0 Å². The second kappa shape index (κ2) is 6.31. The van der Waals surface area contributed by atoms with Crippen LogP contribution < -0.4 is 9.64 Å². The predicted molar refractivity (Wildman–Crippen MR) is 85.9 cm³/mol. The van der Waals surface area contributed by atoms with Crippen molar-refractivity contribution >= 4 is 27.9 Å². The topological polar surface area (TPSA) is 58.6 Å². The van der Waals surface area contributed by atoms with Gasteiger partial charge in [0.2, 0.25) is 5.95 Å². The van der Waals surface area contributed by atoms with E-state index in [1.807, 2.05) is 24.3 Å². The molecule has 1 saturated heterocycles. The van der Waals surface area contributed by atoms with E-state index in [1.54, 1.807) is 29.2 Å². The highest BCUT2D eigenvalue weighted by molar-refractivity contribution is 9.10. The van der Waals surface area contributed by atoms with E-state index in [9.17, 15) is 4.79 Å². The minimum absolute atomic E-state index is 0.0751. The van der Waals surface area contributed by atoms with Gasteiger partial charge in [0.05, 0.1) is 7.11 Å². The second-order valence-electron chi connectivity index (χ2n) is 4.88. The van der Waals surface area contributed by atoms with Gasteiger partial charge in [-0.3, -0.25) is 4.90 Å². The Balaban J connectivity index is 1.70. The quantitative estimate of drug-likeness (QED) is 0.784. The summed E-state index contributed by atoms with van der Waals surface area (Å²) in [5.41, 5.74) is 1.06. The van der Waals surface area contributed by atoms with Gasteiger partial charge in [0.25, 0.3) is 0 Å². The summed E-state index contributed by atoms with van der Waals surface area (Å²) in [6.45, 7) is 1.81. The Kier molecular flexibility index (Phi) is 4.24. The molecule has 1 aromatic heterocycles. The Labute approximate surface area is 136 Å². The van der Waals surface area contributed by atoms with Crippen LogP contribution in [0, 0.1) is 0 Å². The molecule has 1 aliphatic heterocycles. The van der Waals surface area contributed by atoms with Crippen LogP contribution in [-0.2, 0) is 6.54 Å². The minimum atomic E-state index is -0.0751. The number of ether oxygens (including phenoxy) is 1. The van der Waals surface area contributed by atoms with Crippen LogP contribution >= 0.6 is 15.9 Å². The molecule has 2 heterocycles. The molecule has 2 aromatic rings. The number of nitrogens with zero attached hydrogens (tertiary/aromatic N) is 4. The number of benzene rings is 1. The third kappa shape index (κ3) is 3.04. The molecular formula is C15H15BrN4O2. The summed E-state index contributed by atoms with van der Waals surface area (Å²) >= 11 is 3.30. The van der Waals surface area contributed by atoms with Crippen molar-refractivity contribution in [1.29, 1.82) is 0 Å². The Bertz CT molecular complexity index is 677. The van der Waals surface area contributed by atoms with Crippen LogP contribution in [0.15, 0.2) is 41.1 Å². The van der Waals surface area contributed by atoms with Gasteiger partial charge in [-0.2, -0.15) is 0 Å². The van der Waals surface area contributed by atoms with Gasteiger partial charge >= 0.3 is 6.03 Å². The number of carbonyl (C=O) groups excluding carboxylic acids is 1. The molecule has 0 spiro atoms. The number of aromatic nitrogens is 2. The molecule has 22 heavy (non-hydrogen) atoms. The highest BCUT2D eigenvalue weighted by Gasteiger charge is 2.31.